The fourth-order valence-corrected chi connectivity index (χ4v) is 2.40. The molecule has 0 unspecified atom stereocenters. The van der Waals surface area contributed by atoms with Crippen molar-refractivity contribution < 1.29 is 23.9 Å². The number of Topliss-reactive ketones (excluding diaryl/α,β-unsaturated/α-hetero) is 1. The van der Waals surface area contributed by atoms with Crippen LogP contribution in [0.4, 0.5) is 5.69 Å². The molecule has 0 aliphatic carbocycles. The molecule has 0 aliphatic rings. The van der Waals surface area contributed by atoms with Crippen LogP contribution in [0.15, 0.2) is 42.5 Å². The van der Waals surface area contributed by atoms with Crippen molar-refractivity contribution in [2.75, 3.05) is 18.5 Å². The van der Waals surface area contributed by atoms with Gasteiger partial charge in [-0.1, -0.05) is 29.3 Å². The van der Waals surface area contributed by atoms with Crippen LogP contribution in [0.3, 0.4) is 0 Å². The number of anilines is 1. The Labute approximate surface area is 160 Å². The average molecular weight is 396 g/mol. The minimum atomic E-state index is -0.721. The van der Waals surface area contributed by atoms with E-state index in [-0.39, 0.29) is 28.1 Å². The topological polar surface area (TPSA) is 81.7 Å². The molecule has 1 amide bonds. The van der Waals surface area contributed by atoms with Gasteiger partial charge in [-0.25, -0.2) is 4.79 Å². The SMILES string of the molecule is CC(=O)c1ccc(OCC(=O)OCC(=O)Nc2c(Cl)cccc2Cl)cc1. The van der Waals surface area contributed by atoms with Crippen LogP contribution in [0.1, 0.15) is 17.3 Å². The summed E-state index contributed by atoms with van der Waals surface area (Å²) >= 11 is 11.9. The molecule has 0 radical (unpaired) electrons. The minimum absolute atomic E-state index is 0.0689. The third kappa shape index (κ3) is 5.75. The number of carbonyl (C=O) groups excluding carboxylic acids is 3. The highest BCUT2D eigenvalue weighted by atomic mass is 35.5. The number of para-hydroxylation sites is 1. The molecule has 136 valence electrons. The second-order valence-electron chi connectivity index (χ2n) is 5.17. The highest BCUT2D eigenvalue weighted by Gasteiger charge is 2.12. The molecule has 0 saturated heterocycles. The van der Waals surface area contributed by atoms with Crippen LogP contribution in [-0.4, -0.2) is 30.9 Å². The lowest BCUT2D eigenvalue weighted by Gasteiger charge is -2.10. The van der Waals surface area contributed by atoms with E-state index < -0.39 is 18.5 Å². The third-order valence-electron chi connectivity index (χ3n) is 3.21. The van der Waals surface area contributed by atoms with Gasteiger partial charge in [-0.05, 0) is 43.3 Å². The van der Waals surface area contributed by atoms with Gasteiger partial charge in [0, 0.05) is 5.56 Å². The monoisotopic (exact) mass is 395 g/mol. The summed E-state index contributed by atoms with van der Waals surface area (Å²) in [4.78, 5) is 34.6. The number of carbonyl (C=O) groups is 3. The van der Waals surface area contributed by atoms with Gasteiger partial charge in [0.1, 0.15) is 5.75 Å². The summed E-state index contributed by atoms with van der Waals surface area (Å²) in [5.74, 6) is -0.972. The number of ketones is 1. The number of benzene rings is 2. The maximum absolute atomic E-state index is 11.8. The quantitative estimate of drug-likeness (QED) is 0.570. The molecule has 0 atom stereocenters. The second kappa shape index (κ2) is 9.22. The van der Waals surface area contributed by atoms with Gasteiger partial charge in [-0.3, -0.25) is 9.59 Å². The van der Waals surface area contributed by atoms with Crippen LogP contribution in [0.2, 0.25) is 10.0 Å². The summed E-state index contributed by atoms with van der Waals surface area (Å²) < 4.78 is 10.1. The molecule has 8 heteroatoms. The first-order valence-electron chi connectivity index (χ1n) is 7.50. The highest BCUT2D eigenvalue weighted by Crippen LogP contribution is 2.29. The molecule has 0 bridgehead atoms. The van der Waals surface area contributed by atoms with Crippen molar-refractivity contribution in [3.8, 4) is 5.75 Å². The Morgan fingerprint density at radius 3 is 2.15 bits per heavy atom. The van der Waals surface area contributed by atoms with E-state index in [4.69, 9.17) is 32.7 Å². The number of amides is 1. The van der Waals surface area contributed by atoms with Crippen LogP contribution in [0, 0.1) is 0 Å². The maximum atomic E-state index is 11.8. The molecule has 2 aromatic rings. The van der Waals surface area contributed by atoms with E-state index in [1.165, 1.54) is 6.92 Å². The van der Waals surface area contributed by atoms with Crippen molar-refractivity contribution in [2.45, 2.75) is 6.92 Å². The molecule has 0 fully saturated rings. The fraction of sp³-hybridized carbons (Fsp3) is 0.167. The van der Waals surface area contributed by atoms with Gasteiger partial charge in [0.15, 0.2) is 19.0 Å². The van der Waals surface area contributed by atoms with Crippen molar-refractivity contribution in [1.82, 2.24) is 0 Å². The van der Waals surface area contributed by atoms with E-state index in [1.807, 2.05) is 0 Å². The Bertz CT molecular complexity index is 801. The third-order valence-corrected chi connectivity index (χ3v) is 3.84. The predicted octanol–water partition coefficient (Wildman–Crippen LogP) is 3.76. The molecule has 0 aliphatic heterocycles. The number of nitrogens with one attached hydrogen (secondary N) is 1. The zero-order chi connectivity index (χ0) is 19.1. The molecular weight excluding hydrogens is 381 g/mol. The molecule has 26 heavy (non-hydrogen) atoms. The lowest BCUT2D eigenvalue weighted by atomic mass is 10.1. The van der Waals surface area contributed by atoms with Crippen LogP contribution in [0.5, 0.6) is 5.75 Å². The Morgan fingerprint density at radius 2 is 1.58 bits per heavy atom. The van der Waals surface area contributed by atoms with Gasteiger partial charge in [-0.2, -0.15) is 0 Å². The Balaban J connectivity index is 1.77. The lowest BCUT2D eigenvalue weighted by Crippen LogP contribution is -2.23. The summed E-state index contributed by atoms with van der Waals surface area (Å²) in [6.07, 6.45) is 0. The van der Waals surface area contributed by atoms with E-state index in [1.54, 1.807) is 42.5 Å². The van der Waals surface area contributed by atoms with E-state index in [0.717, 1.165) is 0 Å². The van der Waals surface area contributed by atoms with E-state index >= 15 is 0 Å². The van der Waals surface area contributed by atoms with Crippen molar-refractivity contribution in [2.24, 2.45) is 0 Å². The molecule has 2 aromatic carbocycles. The van der Waals surface area contributed by atoms with E-state index in [9.17, 15) is 14.4 Å². The second-order valence-corrected chi connectivity index (χ2v) is 5.99. The Kier molecular flexibility index (Phi) is 7.00. The Morgan fingerprint density at radius 1 is 0.962 bits per heavy atom. The molecule has 0 spiro atoms. The number of rotatable bonds is 7. The van der Waals surface area contributed by atoms with Crippen LogP contribution in [0.25, 0.3) is 0 Å². The zero-order valence-corrected chi connectivity index (χ0v) is 15.3. The number of halogens is 2. The van der Waals surface area contributed by atoms with E-state index in [2.05, 4.69) is 5.32 Å². The van der Waals surface area contributed by atoms with Gasteiger partial charge < -0.3 is 14.8 Å². The minimum Gasteiger partial charge on any atom is -0.482 e. The Hall–Kier alpha value is -2.57. The highest BCUT2D eigenvalue weighted by molar-refractivity contribution is 6.39. The standard InChI is InChI=1S/C18H15Cl2NO5/c1-11(22)12-5-7-13(8-6-12)25-10-17(24)26-9-16(23)21-18-14(19)3-2-4-15(18)20/h2-8H,9-10H2,1H3,(H,21,23). The number of ether oxygens (including phenoxy) is 2. The molecule has 0 heterocycles. The molecule has 2 rings (SSSR count). The summed E-state index contributed by atoms with van der Waals surface area (Å²) in [5.41, 5.74) is 0.786. The average Bonchev–Trinajstić information content (AvgIpc) is 2.61. The maximum Gasteiger partial charge on any atom is 0.344 e. The first kappa shape index (κ1) is 19.8. The number of hydrogen-bond acceptors (Lipinski definition) is 5. The summed E-state index contributed by atoms with van der Waals surface area (Å²) in [5, 5.41) is 3.02. The van der Waals surface area contributed by atoms with Crippen molar-refractivity contribution in [1.29, 1.82) is 0 Å². The fourth-order valence-electron chi connectivity index (χ4n) is 1.91. The van der Waals surface area contributed by atoms with Crippen molar-refractivity contribution in [3.05, 3.63) is 58.1 Å². The summed E-state index contributed by atoms with van der Waals surface area (Å²) in [6, 6.07) is 11.1. The normalized spacial score (nSPS) is 10.1. The largest absolute Gasteiger partial charge is 0.482 e. The van der Waals surface area contributed by atoms with Gasteiger partial charge in [0.2, 0.25) is 0 Å². The van der Waals surface area contributed by atoms with Crippen molar-refractivity contribution in [3.63, 3.8) is 0 Å². The van der Waals surface area contributed by atoms with Crippen LogP contribution >= 0.6 is 23.2 Å². The number of esters is 1. The van der Waals surface area contributed by atoms with Gasteiger partial charge >= 0.3 is 5.97 Å². The molecule has 0 saturated carbocycles. The summed E-state index contributed by atoms with van der Waals surface area (Å²) in [7, 11) is 0. The van der Waals surface area contributed by atoms with E-state index in [0.29, 0.717) is 11.3 Å². The zero-order valence-electron chi connectivity index (χ0n) is 13.8. The predicted molar refractivity (Wildman–Crippen MR) is 98.0 cm³/mol. The van der Waals surface area contributed by atoms with Gasteiger partial charge in [0.25, 0.3) is 5.91 Å². The lowest BCUT2D eigenvalue weighted by molar-refractivity contribution is -0.149. The smallest absolute Gasteiger partial charge is 0.344 e. The molecule has 1 N–H and O–H groups in total. The number of hydrogen-bond donors (Lipinski definition) is 1. The molecule has 6 nitrogen and oxygen atoms in total. The molecule has 0 aromatic heterocycles. The first-order chi connectivity index (χ1) is 12.4. The first-order valence-corrected chi connectivity index (χ1v) is 8.25. The summed E-state index contributed by atoms with van der Waals surface area (Å²) in [6.45, 7) is 0.570. The van der Waals surface area contributed by atoms with Gasteiger partial charge in [0.05, 0.1) is 15.7 Å². The van der Waals surface area contributed by atoms with Crippen LogP contribution in [-0.2, 0) is 14.3 Å². The van der Waals surface area contributed by atoms with Crippen molar-refractivity contribution >= 4 is 46.5 Å². The van der Waals surface area contributed by atoms with Crippen LogP contribution < -0.4 is 10.1 Å². The van der Waals surface area contributed by atoms with Gasteiger partial charge in [-0.15, -0.1) is 0 Å². The molecular formula is C18H15Cl2NO5.